The molecule has 1 aliphatic rings. The first-order valence-corrected chi connectivity index (χ1v) is 8.11. The standard InChI is InChI=1S/C13H22N4OS/c1-3-6-17-13(14-9-15-17)10(2)16-12(18)8-19-7-11-4-5-11/h9-11H,3-8H2,1-2H3,(H,16,18)/t10-/m0/s1. The van der Waals surface area contributed by atoms with E-state index in [0.717, 1.165) is 30.5 Å². The molecule has 0 radical (unpaired) electrons. The number of aryl methyl sites for hydroxylation is 1. The van der Waals surface area contributed by atoms with Crippen molar-refractivity contribution in [2.24, 2.45) is 5.92 Å². The van der Waals surface area contributed by atoms with Gasteiger partial charge in [0.25, 0.3) is 0 Å². The van der Waals surface area contributed by atoms with Crippen LogP contribution in [0.2, 0.25) is 0 Å². The van der Waals surface area contributed by atoms with Crippen LogP contribution in [0.25, 0.3) is 0 Å². The van der Waals surface area contributed by atoms with Crippen LogP contribution < -0.4 is 5.32 Å². The number of thioether (sulfide) groups is 1. The van der Waals surface area contributed by atoms with Crippen LogP contribution in [-0.2, 0) is 11.3 Å². The summed E-state index contributed by atoms with van der Waals surface area (Å²) in [4.78, 5) is 16.1. The quantitative estimate of drug-likeness (QED) is 0.792. The van der Waals surface area contributed by atoms with Gasteiger partial charge in [-0.2, -0.15) is 16.9 Å². The monoisotopic (exact) mass is 282 g/mol. The second-order valence-corrected chi connectivity index (χ2v) is 6.12. The van der Waals surface area contributed by atoms with E-state index in [-0.39, 0.29) is 11.9 Å². The van der Waals surface area contributed by atoms with Gasteiger partial charge in [0.05, 0.1) is 11.8 Å². The maximum absolute atomic E-state index is 11.8. The van der Waals surface area contributed by atoms with Gasteiger partial charge in [-0.25, -0.2) is 9.67 Å². The molecule has 1 aliphatic carbocycles. The minimum atomic E-state index is -0.0805. The predicted octanol–water partition coefficient (Wildman–Crippen LogP) is 2.01. The van der Waals surface area contributed by atoms with Crippen molar-refractivity contribution in [3.05, 3.63) is 12.2 Å². The van der Waals surface area contributed by atoms with Crippen LogP contribution in [-0.4, -0.2) is 32.2 Å². The van der Waals surface area contributed by atoms with Gasteiger partial charge in [-0.15, -0.1) is 0 Å². The van der Waals surface area contributed by atoms with E-state index in [1.807, 2.05) is 11.6 Å². The lowest BCUT2D eigenvalue weighted by molar-refractivity contribution is -0.119. The molecule has 6 heteroatoms. The number of carbonyl (C=O) groups is 1. The van der Waals surface area contributed by atoms with E-state index in [0.29, 0.717) is 5.75 Å². The zero-order chi connectivity index (χ0) is 13.7. The fourth-order valence-corrected chi connectivity index (χ4v) is 3.00. The second kappa shape index (κ2) is 6.93. The van der Waals surface area contributed by atoms with Crippen LogP contribution >= 0.6 is 11.8 Å². The fraction of sp³-hybridized carbons (Fsp3) is 0.769. The van der Waals surface area contributed by atoms with Gasteiger partial charge in [0.2, 0.25) is 5.91 Å². The smallest absolute Gasteiger partial charge is 0.230 e. The summed E-state index contributed by atoms with van der Waals surface area (Å²) in [5.74, 6) is 3.45. The van der Waals surface area contributed by atoms with Gasteiger partial charge < -0.3 is 5.32 Å². The van der Waals surface area contributed by atoms with Crippen molar-refractivity contribution in [3.8, 4) is 0 Å². The predicted molar refractivity (Wildman–Crippen MR) is 76.9 cm³/mol. The molecular formula is C13H22N4OS. The maximum Gasteiger partial charge on any atom is 0.230 e. The Kier molecular flexibility index (Phi) is 5.24. The summed E-state index contributed by atoms with van der Waals surface area (Å²) in [6.07, 6.45) is 5.24. The van der Waals surface area contributed by atoms with Crippen molar-refractivity contribution in [3.63, 3.8) is 0 Å². The summed E-state index contributed by atoms with van der Waals surface area (Å²) < 4.78 is 1.86. The van der Waals surface area contributed by atoms with E-state index in [2.05, 4.69) is 22.3 Å². The van der Waals surface area contributed by atoms with Gasteiger partial charge in [0, 0.05) is 6.54 Å². The second-order valence-electron chi connectivity index (χ2n) is 5.09. The lowest BCUT2D eigenvalue weighted by Crippen LogP contribution is -2.30. The number of aromatic nitrogens is 3. The van der Waals surface area contributed by atoms with Crippen molar-refractivity contribution < 1.29 is 4.79 Å². The summed E-state index contributed by atoms with van der Waals surface area (Å²) in [5.41, 5.74) is 0. The van der Waals surface area contributed by atoms with E-state index in [1.54, 1.807) is 18.1 Å². The molecule has 0 spiro atoms. The molecule has 0 aromatic carbocycles. The number of carbonyl (C=O) groups excluding carboxylic acids is 1. The Morgan fingerprint density at radius 2 is 2.42 bits per heavy atom. The molecule has 0 unspecified atom stereocenters. The first kappa shape index (κ1) is 14.4. The average molecular weight is 282 g/mol. The average Bonchev–Trinajstić information content (AvgIpc) is 3.07. The molecule has 1 heterocycles. The Bertz CT molecular complexity index is 417. The molecule has 5 nitrogen and oxygen atoms in total. The SMILES string of the molecule is CCCn1ncnc1[C@H](C)NC(=O)CSCC1CC1. The molecule has 1 amide bonds. The molecule has 106 valence electrons. The first-order valence-electron chi connectivity index (χ1n) is 6.95. The van der Waals surface area contributed by atoms with Crippen molar-refractivity contribution in [2.45, 2.75) is 45.7 Å². The minimum absolute atomic E-state index is 0.0805. The molecule has 1 aromatic rings. The summed E-state index contributed by atoms with van der Waals surface area (Å²) in [6.45, 7) is 4.90. The zero-order valence-corrected chi connectivity index (χ0v) is 12.4. The van der Waals surface area contributed by atoms with Gasteiger partial charge in [0.15, 0.2) is 0 Å². The van der Waals surface area contributed by atoms with Crippen LogP contribution in [0, 0.1) is 5.92 Å². The number of nitrogens with one attached hydrogen (secondary N) is 1. The third-order valence-corrected chi connectivity index (χ3v) is 4.30. The van der Waals surface area contributed by atoms with E-state index in [1.165, 1.54) is 12.8 Å². The van der Waals surface area contributed by atoms with Crippen LogP contribution in [0.4, 0.5) is 0 Å². The number of rotatable bonds is 8. The van der Waals surface area contributed by atoms with Gasteiger partial charge in [0.1, 0.15) is 12.2 Å². The molecule has 0 bridgehead atoms. The molecular weight excluding hydrogens is 260 g/mol. The molecule has 1 fully saturated rings. The zero-order valence-electron chi connectivity index (χ0n) is 11.6. The van der Waals surface area contributed by atoms with Crippen molar-refractivity contribution in [1.29, 1.82) is 0 Å². The number of hydrogen-bond donors (Lipinski definition) is 1. The van der Waals surface area contributed by atoms with E-state index in [4.69, 9.17) is 0 Å². The third kappa shape index (κ3) is 4.53. The lowest BCUT2D eigenvalue weighted by atomic mass is 10.3. The molecule has 19 heavy (non-hydrogen) atoms. The van der Waals surface area contributed by atoms with Crippen molar-refractivity contribution >= 4 is 17.7 Å². The summed E-state index contributed by atoms with van der Waals surface area (Å²) >= 11 is 1.73. The van der Waals surface area contributed by atoms with Crippen LogP contribution in [0.5, 0.6) is 0 Å². The molecule has 0 saturated heterocycles. The topological polar surface area (TPSA) is 59.8 Å². The molecule has 1 N–H and O–H groups in total. The van der Waals surface area contributed by atoms with Crippen molar-refractivity contribution in [1.82, 2.24) is 20.1 Å². The Morgan fingerprint density at radius 3 is 3.11 bits per heavy atom. The Morgan fingerprint density at radius 1 is 1.63 bits per heavy atom. The van der Waals surface area contributed by atoms with E-state index < -0.39 is 0 Å². The van der Waals surface area contributed by atoms with Crippen LogP contribution in [0.3, 0.4) is 0 Å². The normalized spacial score (nSPS) is 16.3. The van der Waals surface area contributed by atoms with Crippen LogP contribution in [0.1, 0.15) is 45.0 Å². The maximum atomic E-state index is 11.8. The van der Waals surface area contributed by atoms with Crippen molar-refractivity contribution in [2.75, 3.05) is 11.5 Å². The molecule has 1 aromatic heterocycles. The summed E-state index contributed by atoms with van der Waals surface area (Å²) in [7, 11) is 0. The third-order valence-electron chi connectivity index (χ3n) is 3.13. The minimum Gasteiger partial charge on any atom is -0.346 e. The highest BCUT2D eigenvalue weighted by molar-refractivity contribution is 7.99. The summed E-state index contributed by atoms with van der Waals surface area (Å²) in [6, 6.07) is -0.0805. The van der Waals surface area contributed by atoms with Gasteiger partial charge in [-0.1, -0.05) is 6.92 Å². The highest BCUT2D eigenvalue weighted by Gasteiger charge is 2.21. The van der Waals surface area contributed by atoms with Crippen LogP contribution in [0.15, 0.2) is 6.33 Å². The summed E-state index contributed by atoms with van der Waals surface area (Å²) in [5, 5.41) is 7.17. The molecule has 0 aliphatic heterocycles. The number of nitrogens with zero attached hydrogens (tertiary/aromatic N) is 3. The highest BCUT2D eigenvalue weighted by Crippen LogP contribution is 2.32. The number of amides is 1. The Balaban J connectivity index is 1.76. The molecule has 1 saturated carbocycles. The number of hydrogen-bond acceptors (Lipinski definition) is 4. The highest BCUT2D eigenvalue weighted by atomic mass is 32.2. The largest absolute Gasteiger partial charge is 0.346 e. The molecule has 2 rings (SSSR count). The van der Waals surface area contributed by atoms with E-state index in [9.17, 15) is 4.79 Å². The lowest BCUT2D eigenvalue weighted by Gasteiger charge is -2.14. The van der Waals surface area contributed by atoms with Gasteiger partial charge >= 0.3 is 0 Å². The van der Waals surface area contributed by atoms with Gasteiger partial charge in [-0.05, 0) is 37.9 Å². The molecule has 1 atom stereocenters. The van der Waals surface area contributed by atoms with E-state index >= 15 is 0 Å². The van der Waals surface area contributed by atoms with Gasteiger partial charge in [-0.3, -0.25) is 4.79 Å². The first-order chi connectivity index (χ1) is 9.20. The Labute approximate surface area is 118 Å². The fourth-order valence-electron chi connectivity index (χ4n) is 1.94. The Hall–Kier alpha value is -1.04.